The highest BCUT2D eigenvalue weighted by Crippen LogP contribution is 2.31. The van der Waals surface area contributed by atoms with Crippen LogP contribution in [0.3, 0.4) is 0 Å². The zero-order valence-electron chi connectivity index (χ0n) is 9.75. The highest BCUT2D eigenvalue weighted by atomic mass is 19.1. The van der Waals surface area contributed by atoms with Gasteiger partial charge in [-0.15, -0.1) is 0 Å². The van der Waals surface area contributed by atoms with Gasteiger partial charge in [0, 0.05) is 0 Å². The first-order valence-electron chi connectivity index (χ1n) is 6.08. The molecule has 2 rings (SSSR count). The van der Waals surface area contributed by atoms with E-state index in [9.17, 15) is 9.50 Å². The number of rotatable bonds is 4. The van der Waals surface area contributed by atoms with Crippen molar-refractivity contribution in [3.63, 3.8) is 0 Å². The van der Waals surface area contributed by atoms with Gasteiger partial charge >= 0.3 is 0 Å². The Morgan fingerprint density at radius 1 is 1.44 bits per heavy atom. The van der Waals surface area contributed by atoms with E-state index in [-0.39, 0.29) is 11.9 Å². The van der Waals surface area contributed by atoms with Gasteiger partial charge in [0.25, 0.3) is 0 Å². The molecule has 1 atom stereocenters. The molecule has 0 saturated heterocycles. The predicted molar refractivity (Wildman–Crippen MR) is 62.8 cm³/mol. The molecule has 1 aliphatic rings. The fourth-order valence-electron chi connectivity index (χ4n) is 2.34. The van der Waals surface area contributed by atoms with Gasteiger partial charge in [-0.1, -0.05) is 25.3 Å². The lowest BCUT2D eigenvalue weighted by Crippen LogP contribution is -2.21. The number of aryl methyl sites for hydroxylation is 1. The van der Waals surface area contributed by atoms with Gasteiger partial charge in [0.15, 0.2) is 0 Å². The van der Waals surface area contributed by atoms with E-state index >= 15 is 0 Å². The van der Waals surface area contributed by atoms with Gasteiger partial charge in [-0.05, 0) is 48.9 Å². The fraction of sp³-hybridized carbons (Fsp3) is 0.571. The molecule has 1 N–H and O–H groups in total. The molecule has 1 fully saturated rings. The molecule has 1 aliphatic carbocycles. The Labute approximate surface area is 96.3 Å². The highest BCUT2D eigenvalue weighted by molar-refractivity contribution is 5.27. The van der Waals surface area contributed by atoms with Crippen LogP contribution in [0.4, 0.5) is 4.39 Å². The summed E-state index contributed by atoms with van der Waals surface area (Å²) < 4.78 is 12.9. The number of hydrogen-bond donors (Lipinski definition) is 1. The van der Waals surface area contributed by atoms with Gasteiger partial charge in [0.2, 0.25) is 0 Å². The SMILES string of the molecule is Cc1cc(F)ccc1CC(O)CC1CCC1. The van der Waals surface area contributed by atoms with Crippen LogP contribution in [0.15, 0.2) is 18.2 Å². The van der Waals surface area contributed by atoms with Crippen molar-refractivity contribution in [3.05, 3.63) is 35.1 Å². The van der Waals surface area contributed by atoms with E-state index < -0.39 is 0 Å². The monoisotopic (exact) mass is 222 g/mol. The topological polar surface area (TPSA) is 20.2 Å². The average molecular weight is 222 g/mol. The Hall–Kier alpha value is -0.890. The van der Waals surface area contributed by atoms with E-state index in [2.05, 4.69) is 0 Å². The number of hydrogen-bond acceptors (Lipinski definition) is 1. The molecule has 88 valence electrons. The van der Waals surface area contributed by atoms with Crippen LogP contribution < -0.4 is 0 Å². The van der Waals surface area contributed by atoms with Crippen LogP contribution in [0, 0.1) is 18.7 Å². The number of halogens is 1. The molecule has 1 unspecified atom stereocenters. The van der Waals surface area contributed by atoms with Crippen LogP contribution in [0.1, 0.15) is 36.8 Å². The van der Waals surface area contributed by atoms with Crippen LogP contribution >= 0.6 is 0 Å². The molecule has 0 amide bonds. The zero-order valence-corrected chi connectivity index (χ0v) is 9.75. The predicted octanol–water partition coefficient (Wildman–Crippen LogP) is 3.23. The third-order valence-electron chi connectivity index (χ3n) is 3.59. The van der Waals surface area contributed by atoms with Gasteiger partial charge < -0.3 is 5.11 Å². The summed E-state index contributed by atoms with van der Waals surface area (Å²) in [6.45, 7) is 1.90. The largest absolute Gasteiger partial charge is 0.393 e. The maximum absolute atomic E-state index is 12.9. The maximum Gasteiger partial charge on any atom is 0.123 e. The second-order valence-electron chi connectivity index (χ2n) is 4.96. The first kappa shape index (κ1) is 11.6. The van der Waals surface area contributed by atoms with E-state index in [0.717, 1.165) is 23.5 Å². The van der Waals surface area contributed by atoms with Crippen LogP contribution in [-0.4, -0.2) is 11.2 Å². The molecule has 0 bridgehead atoms. The Morgan fingerprint density at radius 3 is 2.75 bits per heavy atom. The summed E-state index contributed by atoms with van der Waals surface area (Å²) in [4.78, 5) is 0. The highest BCUT2D eigenvalue weighted by Gasteiger charge is 2.21. The minimum atomic E-state index is -0.269. The summed E-state index contributed by atoms with van der Waals surface area (Å²) in [7, 11) is 0. The molecule has 0 heterocycles. The Morgan fingerprint density at radius 2 is 2.19 bits per heavy atom. The fourth-order valence-corrected chi connectivity index (χ4v) is 2.34. The molecule has 0 radical (unpaired) electrons. The third kappa shape index (κ3) is 2.82. The summed E-state index contributed by atoms with van der Waals surface area (Å²) in [5, 5.41) is 9.94. The zero-order chi connectivity index (χ0) is 11.5. The lowest BCUT2D eigenvalue weighted by atomic mass is 9.80. The Bertz CT molecular complexity index is 358. The average Bonchev–Trinajstić information content (AvgIpc) is 2.16. The molecule has 1 saturated carbocycles. The van der Waals surface area contributed by atoms with Crippen molar-refractivity contribution >= 4 is 0 Å². The molecule has 16 heavy (non-hydrogen) atoms. The van der Waals surface area contributed by atoms with Crippen LogP contribution in [0.2, 0.25) is 0 Å². The van der Waals surface area contributed by atoms with Gasteiger partial charge in [0.05, 0.1) is 6.10 Å². The van der Waals surface area contributed by atoms with Crippen molar-refractivity contribution in [1.29, 1.82) is 0 Å². The lowest BCUT2D eigenvalue weighted by molar-refractivity contribution is 0.117. The van der Waals surface area contributed by atoms with Crippen LogP contribution in [0.25, 0.3) is 0 Å². The first-order chi connectivity index (χ1) is 7.65. The maximum atomic E-state index is 12.9. The molecular weight excluding hydrogens is 203 g/mol. The number of aliphatic hydroxyl groups is 1. The smallest absolute Gasteiger partial charge is 0.123 e. The van der Waals surface area contributed by atoms with E-state index in [1.165, 1.54) is 31.4 Å². The standard InChI is InChI=1S/C14H19FO/c1-10-7-13(15)6-5-12(10)9-14(16)8-11-3-2-4-11/h5-7,11,14,16H,2-4,8-9H2,1H3. The molecule has 1 nitrogen and oxygen atoms in total. The minimum absolute atomic E-state index is 0.199. The van der Waals surface area contributed by atoms with E-state index in [1.807, 2.05) is 6.92 Å². The van der Waals surface area contributed by atoms with Gasteiger partial charge in [-0.2, -0.15) is 0 Å². The second kappa shape index (κ2) is 4.96. The Kier molecular flexibility index (Phi) is 3.59. The van der Waals surface area contributed by atoms with Crippen molar-refractivity contribution in [2.45, 2.75) is 45.1 Å². The summed E-state index contributed by atoms with van der Waals surface area (Å²) in [6.07, 6.45) is 5.13. The molecule has 0 spiro atoms. The summed E-state index contributed by atoms with van der Waals surface area (Å²) >= 11 is 0. The van der Waals surface area contributed by atoms with Gasteiger partial charge in [-0.25, -0.2) is 4.39 Å². The molecule has 1 aromatic rings. The van der Waals surface area contributed by atoms with Crippen molar-refractivity contribution in [3.8, 4) is 0 Å². The van der Waals surface area contributed by atoms with Crippen molar-refractivity contribution in [2.75, 3.05) is 0 Å². The van der Waals surface area contributed by atoms with E-state index in [1.54, 1.807) is 6.07 Å². The molecule has 1 aromatic carbocycles. The van der Waals surface area contributed by atoms with Crippen molar-refractivity contribution in [1.82, 2.24) is 0 Å². The third-order valence-corrected chi connectivity index (χ3v) is 3.59. The molecular formula is C14H19FO. The van der Waals surface area contributed by atoms with Crippen LogP contribution in [-0.2, 0) is 6.42 Å². The van der Waals surface area contributed by atoms with E-state index in [0.29, 0.717) is 6.42 Å². The van der Waals surface area contributed by atoms with Gasteiger partial charge in [-0.3, -0.25) is 0 Å². The summed E-state index contributed by atoms with van der Waals surface area (Å²) in [6, 6.07) is 4.79. The summed E-state index contributed by atoms with van der Waals surface area (Å²) in [5.74, 6) is 0.519. The summed E-state index contributed by atoms with van der Waals surface area (Å²) in [5.41, 5.74) is 2.00. The van der Waals surface area contributed by atoms with Gasteiger partial charge in [0.1, 0.15) is 5.82 Å². The lowest BCUT2D eigenvalue weighted by Gasteiger charge is -2.27. The van der Waals surface area contributed by atoms with Crippen molar-refractivity contribution in [2.24, 2.45) is 5.92 Å². The molecule has 0 aromatic heterocycles. The minimum Gasteiger partial charge on any atom is -0.393 e. The second-order valence-corrected chi connectivity index (χ2v) is 4.96. The van der Waals surface area contributed by atoms with E-state index in [4.69, 9.17) is 0 Å². The molecule has 0 aliphatic heterocycles. The normalized spacial score (nSPS) is 18.2. The first-order valence-corrected chi connectivity index (χ1v) is 6.08. The number of aliphatic hydroxyl groups excluding tert-OH is 1. The molecule has 2 heteroatoms. The quantitative estimate of drug-likeness (QED) is 0.829. The number of benzene rings is 1. The Balaban J connectivity index is 1.91. The van der Waals surface area contributed by atoms with Crippen LogP contribution in [0.5, 0.6) is 0 Å². The van der Waals surface area contributed by atoms with Crippen molar-refractivity contribution < 1.29 is 9.50 Å².